The average Bonchev–Trinajstić information content (AvgIpc) is 3.19. The number of nitriles is 1. The van der Waals surface area contributed by atoms with Gasteiger partial charge in [-0.2, -0.15) is 14.0 Å². The molecule has 0 aliphatic heterocycles. The maximum atomic E-state index is 12.5. The van der Waals surface area contributed by atoms with Gasteiger partial charge in [-0.25, -0.2) is 4.98 Å². The van der Waals surface area contributed by atoms with Gasteiger partial charge in [0.15, 0.2) is 0 Å². The lowest BCUT2D eigenvalue weighted by Crippen LogP contribution is -2.04. The standard InChI is InChI=1S/C20H15F2N3O2S/c1-26-15-6-4-5-13(9-15)17-12-28-19(25-17)14(10-23)11-24-16-7-2-3-8-18(16)27-20(21)22/h2-9,11-12,20,24H,1H3/b14-11+. The van der Waals surface area contributed by atoms with E-state index in [1.54, 1.807) is 25.3 Å². The normalized spacial score (nSPS) is 11.2. The highest BCUT2D eigenvalue weighted by Crippen LogP contribution is 2.29. The van der Waals surface area contributed by atoms with Crippen LogP contribution in [-0.4, -0.2) is 18.7 Å². The monoisotopic (exact) mass is 399 g/mol. The van der Waals surface area contributed by atoms with Gasteiger partial charge in [0.25, 0.3) is 0 Å². The van der Waals surface area contributed by atoms with Gasteiger partial charge in [-0.15, -0.1) is 11.3 Å². The van der Waals surface area contributed by atoms with Gasteiger partial charge in [0.05, 0.1) is 18.5 Å². The van der Waals surface area contributed by atoms with Gasteiger partial charge < -0.3 is 14.8 Å². The van der Waals surface area contributed by atoms with Gasteiger partial charge in [0.2, 0.25) is 0 Å². The number of ether oxygens (including phenoxy) is 2. The molecule has 142 valence electrons. The van der Waals surface area contributed by atoms with Gasteiger partial charge in [-0.05, 0) is 24.3 Å². The van der Waals surface area contributed by atoms with E-state index in [9.17, 15) is 14.0 Å². The van der Waals surface area contributed by atoms with E-state index in [0.29, 0.717) is 22.1 Å². The largest absolute Gasteiger partial charge is 0.497 e. The Morgan fingerprint density at radius 3 is 2.82 bits per heavy atom. The van der Waals surface area contributed by atoms with Crippen LogP contribution in [0, 0.1) is 11.3 Å². The molecule has 0 aliphatic carbocycles. The Hall–Kier alpha value is -3.44. The van der Waals surface area contributed by atoms with E-state index in [1.807, 2.05) is 29.6 Å². The predicted octanol–water partition coefficient (Wildman–Crippen LogP) is 5.40. The number of benzene rings is 2. The van der Waals surface area contributed by atoms with Crippen LogP contribution in [0.3, 0.4) is 0 Å². The number of halogens is 2. The smallest absolute Gasteiger partial charge is 0.387 e. The van der Waals surface area contributed by atoms with Crippen molar-refractivity contribution in [2.45, 2.75) is 6.61 Å². The summed E-state index contributed by atoms with van der Waals surface area (Å²) in [6, 6.07) is 15.8. The first kappa shape index (κ1) is 19.3. The number of methoxy groups -OCH3 is 1. The van der Waals surface area contributed by atoms with Gasteiger partial charge in [0.1, 0.15) is 28.1 Å². The van der Waals surface area contributed by atoms with Gasteiger partial charge in [-0.3, -0.25) is 0 Å². The zero-order chi connectivity index (χ0) is 19.9. The molecule has 1 heterocycles. The summed E-state index contributed by atoms with van der Waals surface area (Å²) in [5.74, 6) is 0.697. The van der Waals surface area contributed by atoms with E-state index >= 15 is 0 Å². The first-order valence-electron chi connectivity index (χ1n) is 8.11. The van der Waals surface area contributed by atoms with Crippen molar-refractivity contribution in [2.24, 2.45) is 0 Å². The van der Waals surface area contributed by atoms with Crippen LogP contribution in [0.2, 0.25) is 0 Å². The zero-order valence-corrected chi connectivity index (χ0v) is 15.5. The number of hydrogen-bond acceptors (Lipinski definition) is 6. The second kappa shape index (κ2) is 8.97. The van der Waals surface area contributed by atoms with Crippen LogP contribution in [0.5, 0.6) is 11.5 Å². The number of nitrogens with one attached hydrogen (secondary N) is 1. The summed E-state index contributed by atoms with van der Waals surface area (Å²) in [6.07, 6.45) is 1.42. The average molecular weight is 399 g/mol. The summed E-state index contributed by atoms with van der Waals surface area (Å²) >= 11 is 1.31. The molecule has 0 atom stereocenters. The maximum absolute atomic E-state index is 12.5. The number of para-hydroxylation sites is 2. The molecule has 0 saturated heterocycles. The summed E-state index contributed by atoms with van der Waals surface area (Å²) in [6.45, 7) is -2.94. The summed E-state index contributed by atoms with van der Waals surface area (Å²) in [5.41, 5.74) is 2.16. The number of nitrogens with zero attached hydrogens (tertiary/aromatic N) is 2. The molecule has 28 heavy (non-hydrogen) atoms. The van der Waals surface area contributed by atoms with Gasteiger partial charge >= 0.3 is 6.61 Å². The molecule has 0 amide bonds. The quantitative estimate of drug-likeness (QED) is 0.539. The number of rotatable bonds is 7. The Morgan fingerprint density at radius 1 is 1.25 bits per heavy atom. The third-order valence-electron chi connectivity index (χ3n) is 3.70. The van der Waals surface area contributed by atoms with Crippen LogP contribution in [-0.2, 0) is 0 Å². The molecular weight excluding hydrogens is 384 g/mol. The molecule has 2 aromatic carbocycles. The van der Waals surface area contributed by atoms with Crippen molar-refractivity contribution in [3.63, 3.8) is 0 Å². The van der Waals surface area contributed by atoms with Crippen molar-refractivity contribution >= 4 is 22.6 Å². The van der Waals surface area contributed by atoms with E-state index in [4.69, 9.17) is 4.74 Å². The number of aromatic nitrogens is 1. The fraction of sp³-hybridized carbons (Fsp3) is 0.100. The number of anilines is 1. The summed E-state index contributed by atoms with van der Waals surface area (Å²) in [7, 11) is 1.59. The second-order valence-electron chi connectivity index (χ2n) is 5.46. The van der Waals surface area contributed by atoms with Crippen molar-refractivity contribution in [2.75, 3.05) is 12.4 Å². The van der Waals surface area contributed by atoms with Crippen LogP contribution in [0.1, 0.15) is 5.01 Å². The van der Waals surface area contributed by atoms with Crippen LogP contribution < -0.4 is 14.8 Å². The molecule has 5 nitrogen and oxygen atoms in total. The number of allylic oxidation sites excluding steroid dienone is 1. The summed E-state index contributed by atoms with van der Waals surface area (Å²) in [4.78, 5) is 4.49. The minimum atomic E-state index is -2.94. The molecule has 0 aliphatic rings. The predicted molar refractivity (Wildman–Crippen MR) is 104 cm³/mol. The van der Waals surface area contributed by atoms with E-state index in [-0.39, 0.29) is 11.3 Å². The van der Waals surface area contributed by atoms with Crippen LogP contribution in [0.15, 0.2) is 60.1 Å². The molecule has 3 rings (SSSR count). The fourth-order valence-electron chi connectivity index (χ4n) is 2.39. The third-order valence-corrected chi connectivity index (χ3v) is 4.57. The lowest BCUT2D eigenvalue weighted by atomic mass is 10.1. The lowest BCUT2D eigenvalue weighted by Gasteiger charge is -2.10. The van der Waals surface area contributed by atoms with Crippen molar-refractivity contribution < 1.29 is 18.3 Å². The molecule has 0 bridgehead atoms. The Labute approximate surface area is 164 Å². The molecule has 8 heteroatoms. The topological polar surface area (TPSA) is 67.2 Å². The van der Waals surface area contributed by atoms with Gasteiger partial charge in [-0.1, -0.05) is 24.3 Å². The van der Waals surface area contributed by atoms with Crippen molar-refractivity contribution in [3.05, 3.63) is 65.1 Å². The molecule has 1 aromatic heterocycles. The molecule has 0 fully saturated rings. The Balaban J connectivity index is 1.83. The van der Waals surface area contributed by atoms with Crippen LogP contribution in [0.4, 0.5) is 14.5 Å². The molecule has 0 saturated carbocycles. The van der Waals surface area contributed by atoms with E-state index < -0.39 is 6.61 Å². The zero-order valence-electron chi connectivity index (χ0n) is 14.7. The van der Waals surface area contributed by atoms with Crippen LogP contribution >= 0.6 is 11.3 Å². The molecular formula is C20H15F2N3O2S. The minimum Gasteiger partial charge on any atom is -0.497 e. The molecule has 1 N–H and O–H groups in total. The summed E-state index contributed by atoms with van der Waals surface area (Å²) in [5, 5.41) is 14.6. The maximum Gasteiger partial charge on any atom is 0.387 e. The number of hydrogen-bond donors (Lipinski definition) is 1. The van der Waals surface area contributed by atoms with Gasteiger partial charge in [0, 0.05) is 17.1 Å². The minimum absolute atomic E-state index is 0.0118. The number of alkyl halides is 2. The Bertz CT molecular complexity index is 1030. The molecule has 0 spiro atoms. The van der Waals surface area contributed by atoms with Crippen LogP contribution in [0.25, 0.3) is 16.8 Å². The SMILES string of the molecule is COc1cccc(-c2csc(/C(C#N)=C/Nc3ccccc3OC(F)F)n2)c1. The van der Waals surface area contributed by atoms with Crippen molar-refractivity contribution in [1.29, 1.82) is 5.26 Å². The first-order valence-corrected chi connectivity index (χ1v) is 8.99. The summed E-state index contributed by atoms with van der Waals surface area (Å²) < 4.78 is 34.7. The second-order valence-corrected chi connectivity index (χ2v) is 6.32. The lowest BCUT2D eigenvalue weighted by molar-refractivity contribution is -0.0493. The molecule has 0 radical (unpaired) electrons. The Morgan fingerprint density at radius 2 is 2.07 bits per heavy atom. The molecule has 0 unspecified atom stereocenters. The van der Waals surface area contributed by atoms with E-state index in [0.717, 1.165) is 5.56 Å². The fourth-order valence-corrected chi connectivity index (χ4v) is 3.18. The number of thiazole rings is 1. The highest BCUT2D eigenvalue weighted by Gasteiger charge is 2.11. The van der Waals surface area contributed by atoms with E-state index in [1.165, 1.54) is 23.6 Å². The first-order chi connectivity index (χ1) is 13.6. The highest BCUT2D eigenvalue weighted by atomic mass is 32.1. The molecule has 3 aromatic rings. The van der Waals surface area contributed by atoms with Crippen molar-refractivity contribution in [3.8, 4) is 28.8 Å². The Kier molecular flexibility index (Phi) is 6.19. The van der Waals surface area contributed by atoms with E-state index in [2.05, 4.69) is 21.1 Å². The highest BCUT2D eigenvalue weighted by molar-refractivity contribution is 7.11. The third kappa shape index (κ3) is 4.64. The van der Waals surface area contributed by atoms with Crippen molar-refractivity contribution in [1.82, 2.24) is 4.98 Å².